The van der Waals surface area contributed by atoms with Crippen LogP contribution < -0.4 is 5.43 Å². The number of fused-ring (bicyclic) bond motifs is 3. The fraction of sp³-hybridized carbons (Fsp3) is 0.0588. The topological polar surface area (TPSA) is 78.9 Å². The van der Waals surface area contributed by atoms with Gasteiger partial charge in [-0.1, -0.05) is 47.5 Å². The standard InChI is InChI=1S/C17H12Cl2N6/c1-9-3-2-4-12-14(9)21-16-15(12)23-25-17(22-16)24-20-8-10-5-6-11(18)7-13(10)19/h2-8H,1H3,(H2,21,22,24,25). The van der Waals surface area contributed by atoms with Crippen LogP contribution in [0.4, 0.5) is 5.95 Å². The third-order valence-electron chi connectivity index (χ3n) is 3.79. The van der Waals surface area contributed by atoms with Crippen LogP contribution in [0.25, 0.3) is 22.1 Å². The van der Waals surface area contributed by atoms with Gasteiger partial charge in [-0.15, -0.1) is 10.2 Å². The normalized spacial score (nSPS) is 11.6. The summed E-state index contributed by atoms with van der Waals surface area (Å²) in [6, 6.07) is 11.2. The van der Waals surface area contributed by atoms with Crippen molar-refractivity contribution in [2.24, 2.45) is 5.10 Å². The molecule has 4 rings (SSSR count). The van der Waals surface area contributed by atoms with Gasteiger partial charge >= 0.3 is 0 Å². The Balaban J connectivity index is 1.62. The number of halogens is 2. The smallest absolute Gasteiger partial charge is 0.265 e. The van der Waals surface area contributed by atoms with Crippen molar-refractivity contribution in [3.63, 3.8) is 0 Å². The zero-order valence-electron chi connectivity index (χ0n) is 13.1. The lowest BCUT2D eigenvalue weighted by molar-refractivity contribution is 1.01. The number of nitrogens with zero attached hydrogens (tertiary/aromatic N) is 4. The molecular formula is C17H12Cl2N6. The molecule has 0 unspecified atom stereocenters. The molecule has 0 atom stereocenters. The first kappa shape index (κ1) is 15.8. The summed E-state index contributed by atoms with van der Waals surface area (Å²) >= 11 is 12.0. The zero-order valence-corrected chi connectivity index (χ0v) is 14.6. The Bertz CT molecular complexity index is 1120. The van der Waals surface area contributed by atoms with Gasteiger partial charge in [0.05, 0.1) is 16.8 Å². The molecule has 2 aromatic heterocycles. The zero-order chi connectivity index (χ0) is 17.4. The summed E-state index contributed by atoms with van der Waals surface area (Å²) in [6.45, 7) is 2.03. The van der Waals surface area contributed by atoms with Crippen LogP contribution in [-0.2, 0) is 0 Å². The second-order valence-corrected chi connectivity index (χ2v) is 6.33. The van der Waals surface area contributed by atoms with Crippen molar-refractivity contribution in [2.75, 3.05) is 5.43 Å². The van der Waals surface area contributed by atoms with Crippen LogP contribution in [0.2, 0.25) is 10.0 Å². The van der Waals surface area contributed by atoms with E-state index in [4.69, 9.17) is 23.2 Å². The highest BCUT2D eigenvalue weighted by atomic mass is 35.5. The quantitative estimate of drug-likeness (QED) is 0.409. The first-order valence-electron chi connectivity index (χ1n) is 7.47. The van der Waals surface area contributed by atoms with E-state index in [1.165, 1.54) is 0 Å². The van der Waals surface area contributed by atoms with Gasteiger partial charge in [0, 0.05) is 16.0 Å². The number of benzene rings is 2. The number of aromatic nitrogens is 4. The Labute approximate surface area is 152 Å². The van der Waals surface area contributed by atoms with Crippen molar-refractivity contribution in [3.05, 3.63) is 57.6 Å². The van der Waals surface area contributed by atoms with Gasteiger partial charge in [-0.25, -0.2) is 5.43 Å². The molecule has 8 heteroatoms. The predicted molar refractivity (Wildman–Crippen MR) is 102 cm³/mol. The molecule has 0 aliphatic carbocycles. The average molecular weight is 371 g/mol. The summed E-state index contributed by atoms with van der Waals surface area (Å²) in [4.78, 5) is 7.68. The largest absolute Gasteiger partial charge is 0.337 e. The van der Waals surface area contributed by atoms with Gasteiger partial charge in [-0.2, -0.15) is 10.1 Å². The van der Waals surface area contributed by atoms with Crippen molar-refractivity contribution in [3.8, 4) is 0 Å². The van der Waals surface area contributed by atoms with E-state index in [0.717, 1.165) is 27.5 Å². The minimum Gasteiger partial charge on any atom is -0.337 e. The van der Waals surface area contributed by atoms with E-state index in [0.29, 0.717) is 15.7 Å². The van der Waals surface area contributed by atoms with Crippen molar-refractivity contribution >= 4 is 57.4 Å². The Hall–Kier alpha value is -2.70. The number of hydrazone groups is 1. The predicted octanol–water partition coefficient (Wildman–Crippen LogP) is 4.57. The lowest BCUT2D eigenvalue weighted by Gasteiger charge is -1.99. The van der Waals surface area contributed by atoms with E-state index in [2.05, 4.69) is 30.7 Å². The van der Waals surface area contributed by atoms with Crippen LogP contribution in [0, 0.1) is 6.92 Å². The average Bonchev–Trinajstić information content (AvgIpc) is 2.96. The number of aromatic amines is 1. The molecule has 0 bridgehead atoms. The van der Waals surface area contributed by atoms with Gasteiger partial charge in [0.15, 0.2) is 5.65 Å². The minimum absolute atomic E-state index is 0.290. The fourth-order valence-corrected chi connectivity index (χ4v) is 3.01. The summed E-state index contributed by atoms with van der Waals surface area (Å²) in [5.41, 5.74) is 7.01. The highest BCUT2D eigenvalue weighted by molar-refractivity contribution is 6.36. The summed E-state index contributed by atoms with van der Waals surface area (Å²) in [6.07, 6.45) is 1.57. The van der Waals surface area contributed by atoms with Crippen LogP contribution in [0.1, 0.15) is 11.1 Å². The van der Waals surface area contributed by atoms with Crippen LogP contribution in [0.3, 0.4) is 0 Å². The summed E-state index contributed by atoms with van der Waals surface area (Å²) in [5.74, 6) is 0.290. The number of nitrogens with one attached hydrogen (secondary N) is 2. The van der Waals surface area contributed by atoms with Crippen LogP contribution in [0.5, 0.6) is 0 Å². The molecule has 0 fully saturated rings. The van der Waals surface area contributed by atoms with Gasteiger partial charge in [0.1, 0.15) is 5.52 Å². The minimum atomic E-state index is 0.290. The van der Waals surface area contributed by atoms with E-state index in [9.17, 15) is 0 Å². The maximum Gasteiger partial charge on any atom is 0.265 e. The van der Waals surface area contributed by atoms with Gasteiger partial charge in [0.2, 0.25) is 0 Å². The number of hydrogen-bond donors (Lipinski definition) is 2. The molecule has 2 aromatic carbocycles. The first-order chi connectivity index (χ1) is 12.1. The molecule has 2 N–H and O–H groups in total. The highest BCUT2D eigenvalue weighted by Crippen LogP contribution is 2.24. The van der Waals surface area contributed by atoms with E-state index < -0.39 is 0 Å². The maximum atomic E-state index is 6.10. The van der Waals surface area contributed by atoms with E-state index in [1.807, 2.05) is 25.1 Å². The summed E-state index contributed by atoms with van der Waals surface area (Å²) in [5, 5.41) is 14.5. The van der Waals surface area contributed by atoms with Gasteiger partial charge in [-0.05, 0) is 24.6 Å². The van der Waals surface area contributed by atoms with Gasteiger partial charge < -0.3 is 4.98 Å². The van der Waals surface area contributed by atoms with Crippen LogP contribution in [0.15, 0.2) is 41.5 Å². The van der Waals surface area contributed by atoms with Gasteiger partial charge in [-0.3, -0.25) is 0 Å². The summed E-state index contributed by atoms with van der Waals surface area (Å²) in [7, 11) is 0. The number of anilines is 1. The molecule has 0 spiro atoms. The molecule has 0 amide bonds. The Kier molecular flexibility index (Phi) is 3.99. The third-order valence-corrected chi connectivity index (χ3v) is 4.35. The van der Waals surface area contributed by atoms with Crippen molar-refractivity contribution < 1.29 is 0 Å². The fourth-order valence-electron chi connectivity index (χ4n) is 2.56. The number of para-hydroxylation sites is 1. The first-order valence-corrected chi connectivity index (χ1v) is 8.23. The monoisotopic (exact) mass is 370 g/mol. The molecule has 0 radical (unpaired) electrons. The molecule has 4 aromatic rings. The number of hydrogen-bond acceptors (Lipinski definition) is 5. The molecule has 0 aliphatic heterocycles. The van der Waals surface area contributed by atoms with E-state index >= 15 is 0 Å². The third kappa shape index (κ3) is 3.01. The van der Waals surface area contributed by atoms with Gasteiger partial charge in [0.25, 0.3) is 5.95 Å². The molecule has 0 saturated carbocycles. The molecule has 0 aliphatic rings. The molecule has 124 valence electrons. The number of rotatable bonds is 3. The molecule has 25 heavy (non-hydrogen) atoms. The van der Waals surface area contributed by atoms with Crippen molar-refractivity contribution in [2.45, 2.75) is 6.92 Å². The van der Waals surface area contributed by atoms with E-state index in [-0.39, 0.29) is 5.95 Å². The maximum absolute atomic E-state index is 6.10. The molecular weight excluding hydrogens is 359 g/mol. The van der Waals surface area contributed by atoms with Crippen LogP contribution >= 0.6 is 23.2 Å². The Morgan fingerprint density at radius 1 is 1.16 bits per heavy atom. The molecule has 2 heterocycles. The second kappa shape index (κ2) is 6.31. The molecule has 6 nitrogen and oxygen atoms in total. The second-order valence-electron chi connectivity index (χ2n) is 5.49. The van der Waals surface area contributed by atoms with Crippen molar-refractivity contribution in [1.82, 2.24) is 20.2 Å². The lowest BCUT2D eigenvalue weighted by atomic mass is 10.1. The van der Waals surface area contributed by atoms with Crippen molar-refractivity contribution in [1.29, 1.82) is 0 Å². The lowest BCUT2D eigenvalue weighted by Crippen LogP contribution is -1.99. The Morgan fingerprint density at radius 3 is 2.88 bits per heavy atom. The highest BCUT2D eigenvalue weighted by Gasteiger charge is 2.10. The van der Waals surface area contributed by atoms with Crippen LogP contribution in [-0.4, -0.2) is 26.4 Å². The number of H-pyrrole nitrogens is 1. The Morgan fingerprint density at radius 2 is 2.04 bits per heavy atom. The van der Waals surface area contributed by atoms with E-state index in [1.54, 1.807) is 24.4 Å². The number of aryl methyl sites for hydroxylation is 1. The SMILES string of the molecule is Cc1cccc2c1[nH]c1nc(NN=Cc3ccc(Cl)cc3Cl)nnc12. The molecule has 0 saturated heterocycles. The summed E-state index contributed by atoms with van der Waals surface area (Å²) < 4.78 is 0.